The third-order valence-corrected chi connectivity index (χ3v) is 5.29. The first-order valence-electron chi connectivity index (χ1n) is 7.23. The molecule has 0 bridgehead atoms. The Kier molecular flexibility index (Phi) is 4.23. The summed E-state index contributed by atoms with van der Waals surface area (Å²) in [5, 5.41) is 5.14. The van der Waals surface area contributed by atoms with E-state index in [2.05, 4.69) is 10.6 Å². The molecule has 0 spiro atoms. The van der Waals surface area contributed by atoms with Gasteiger partial charge in [0, 0.05) is 23.4 Å². The van der Waals surface area contributed by atoms with Crippen molar-refractivity contribution < 1.29 is 31.2 Å². The number of carbonyl (C=O) groups is 2. The van der Waals surface area contributed by atoms with Crippen LogP contribution in [-0.2, 0) is 16.4 Å². The highest BCUT2D eigenvalue weighted by molar-refractivity contribution is 7.92. The largest absolute Gasteiger partial charge is 0.501 e. The average Bonchev–Trinajstić information content (AvgIpc) is 2.95. The van der Waals surface area contributed by atoms with E-state index in [0.29, 0.717) is 29.9 Å². The molecule has 10 heteroatoms. The van der Waals surface area contributed by atoms with Crippen molar-refractivity contribution in [3.05, 3.63) is 59.2 Å². The molecule has 0 fully saturated rings. The first-order chi connectivity index (χ1) is 12.1. The molecule has 0 saturated heterocycles. The van der Waals surface area contributed by atoms with E-state index in [9.17, 15) is 31.2 Å². The Bertz CT molecular complexity index is 999. The molecule has 1 aliphatic heterocycles. The standard InChI is InChI=1S/C16H11F3N2O4S/c17-16(18,19)26(24,25)12-5-2-9(3-6-12)14(22)21-11-4-1-10-8-20-15(23)13(10)7-11/h1-7H,8H2,(H,20,23)(H,21,22). The summed E-state index contributed by atoms with van der Waals surface area (Å²) in [6.45, 7) is 0.400. The maximum atomic E-state index is 12.5. The van der Waals surface area contributed by atoms with E-state index in [0.717, 1.165) is 17.7 Å². The van der Waals surface area contributed by atoms with Crippen molar-refractivity contribution in [1.29, 1.82) is 0 Å². The zero-order valence-corrected chi connectivity index (χ0v) is 13.7. The number of anilines is 1. The molecule has 0 saturated carbocycles. The van der Waals surface area contributed by atoms with Gasteiger partial charge >= 0.3 is 5.51 Å². The van der Waals surface area contributed by atoms with Crippen LogP contribution in [0, 0.1) is 0 Å². The molecule has 2 amide bonds. The quantitative estimate of drug-likeness (QED) is 0.850. The second kappa shape index (κ2) is 6.13. The van der Waals surface area contributed by atoms with Gasteiger partial charge in [-0.2, -0.15) is 13.2 Å². The Labute approximate surface area is 145 Å². The van der Waals surface area contributed by atoms with Gasteiger partial charge in [-0.3, -0.25) is 9.59 Å². The van der Waals surface area contributed by atoms with Gasteiger partial charge in [0.15, 0.2) is 0 Å². The van der Waals surface area contributed by atoms with Crippen molar-refractivity contribution in [2.75, 3.05) is 5.32 Å². The topological polar surface area (TPSA) is 92.3 Å². The predicted molar refractivity (Wildman–Crippen MR) is 85.2 cm³/mol. The van der Waals surface area contributed by atoms with Crippen LogP contribution in [0.15, 0.2) is 47.4 Å². The summed E-state index contributed by atoms with van der Waals surface area (Å²) in [6, 6.07) is 8.13. The maximum Gasteiger partial charge on any atom is 0.501 e. The summed E-state index contributed by atoms with van der Waals surface area (Å²) in [5.74, 6) is -0.919. The third-order valence-electron chi connectivity index (χ3n) is 3.78. The molecule has 0 unspecified atom stereocenters. The lowest BCUT2D eigenvalue weighted by atomic mass is 10.1. The molecule has 0 aliphatic carbocycles. The lowest BCUT2D eigenvalue weighted by Gasteiger charge is -2.09. The minimum Gasteiger partial charge on any atom is -0.348 e. The number of amides is 2. The fourth-order valence-electron chi connectivity index (χ4n) is 2.41. The first-order valence-corrected chi connectivity index (χ1v) is 8.72. The third kappa shape index (κ3) is 3.15. The van der Waals surface area contributed by atoms with Gasteiger partial charge < -0.3 is 10.6 Å². The Balaban J connectivity index is 1.79. The molecule has 3 rings (SSSR count). The van der Waals surface area contributed by atoms with Crippen LogP contribution < -0.4 is 10.6 Å². The summed E-state index contributed by atoms with van der Waals surface area (Å²) in [4.78, 5) is 22.8. The normalized spacial score (nSPS) is 13.9. The molecule has 0 radical (unpaired) electrons. The van der Waals surface area contributed by atoms with Gasteiger partial charge in [-0.25, -0.2) is 8.42 Å². The van der Waals surface area contributed by atoms with Crippen molar-refractivity contribution >= 4 is 27.3 Å². The number of hydrogen-bond donors (Lipinski definition) is 2. The van der Waals surface area contributed by atoms with Gasteiger partial charge in [-0.05, 0) is 42.0 Å². The van der Waals surface area contributed by atoms with Crippen LogP contribution in [0.3, 0.4) is 0 Å². The molecule has 6 nitrogen and oxygen atoms in total. The number of benzene rings is 2. The van der Waals surface area contributed by atoms with Gasteiger partial charge in [0.05, 0.1) is 4.90 Å². The average molecular weight is 384 g/mol. The van der Waals surface area contributed by atoms with Crippen LogP contribution >= 0.6 is 0 Å². The van der Waals surface area contributed by atoms with E-state index >= 15 is 0 Å². The minimum absolute atomic E-state index is 0.0314. The number of sulfone groups is 1. The number of fused-ring (bicyclic) bond motifs is 1. The van der Waals surface area contributed by atoms with Gasteiger partial charge in [-0.1, -0.05) is 6.07 Å². The second-order valence-corrected chi connectivity index (χ2v) is 7.42. The van der Waals surface area contributed by atoms with E-state index in [4.69, 9.17) is 0 Å². The summed E-state index contributed by atoms with van der Waals surface area (Å²) >= 11 is 0. The Morgan fingerprint density at radius 3 is 2.35 bits per heavy atom. The minimum atomic E-state index is -5.47. The molecule has 1 aliphatic rings. The highest BCUT2D eigenvalue weighted by atomic mass is 32.2. The number of nitrogens with one attached hydrogen (secondary N) is 2. The molecular weight excluding hydrogens is 373 g/mol. The van der Waals surface area contributed by atoms with Crippen molar-refractivity contribution in [1.82, 2.24) is 5.32 Å². The molecule has 0 atom stereocenters. The first kappa shape index (κ1) is 17.9. The molecule has 2 aromatic rings. The molecule has 0 aromatic heterocycles. The van der Waals surface area contributed by atoms with Crippen molar-refractivity contribution in [2.24, 2.45) is 0 Å². The smallest absolute Gasteiger partial charge is 0.348 e. The van der Waals surface area contributed by atoms with E-state index < -0.39 is 26.1 Å². The molecule has 26 heavy (non-hydrogen) atoms. The van der Waals surface area contributed by atoms with Crippen LogP contribution in [0.2, 0.25) is 0 Å². The van der Waals surface area contributed by atoms with Crippen molar-refractivity contribution in [2.45, 2.75) is 16.9 Å². The highest BCUT2D eigenvalue weighted by Gasteiger charge is 2.46. The maximum absolute atomic E-state index is 12.5. The van der Waals surface area contributed by atoms with E-state index in [1.165, 1.54) is 6.07 Å². The van der Waals surface area contributed by atoms with E-state index in [-0.39, 0.29) is 11.5 Å². The molecule has 1 heterocycles. The van der Waals surface area contributed by atoms with E-state index in [1.807, 2.05) is 0 Å². The fourth-order valence-corrected chi connectivity index (χ4v) is 3.17. The highest BCUT2D eigenvalue weighted by Crippen LogP contribution is 2.30. The Morgan fingerprint density at radius 1 is 1.08 bits per heavy atom. The molecule has 2 aromatic carbocycles. The van der Waals surface area contributed by atoms with Crippen molar-refractivity contribution in [3.63, 3.8) is 0 Å². The second-order valence-electron chi connectivity index (χ2n) is 5.48. The number of rotatable bonds is 3. The monoisotopic (exact) mass is 384 g/mol. The van der Waals surface area contributed by atoms with Gasteiger partial charge in [0.2, 0.25) is 0 Å². The Morgan fingerprint density at radius 2 is 1.73 bits per heavy atom. The SMILES string of the molecule is O=C(Nc1ccc2c(c1)C(=O)NC2)c1ccc(S(=O)(=O)C(F)(F)F)cc1. The summed E-state index contributed by atoms with van der Waals surface area (Å²) in [5.41, 5.74) is -3.90. The van der Waals surface area contributed by atoms with Crippen LogP contribution in [0.25, 0.3) is 0 Å². The molecule has 136 valence electrons. The number of halogens is 3. The van der Waals surface area contributed by atoms with Crippen LogP contribution in [0.4, 0.5) is 18.9 Å². The van der Waals surface area contributed by atoms with Gasteiger partial charge in [0.1, 0.15) is 0 Å². The summed E-state index contributed by atoms with van der Waals surface area (Å²) in [7, 11) is -5.47. The molecular formula is C16H11F3N2O4S. The number of hydrogen-bond acceptors (Lipinski definition) is 4. The molecule has 2 N–H and O–H groups in total. The lowest BCUT2D eigenvalue weighted by molar-refractivity contribution is -0.0436. The van der Waals surface area contributed by atoms with Crippen LogP contribution in [0.5, 0.6) is 0 Å². The van der Waals surface area contributed by atoms with Crippen molar-refractivity contribution in [3.8, 4) is 0 Å². The van der Waals surface area contributed by atoms with Crippen LogP contribution in [-0.4, -0.2) is 25.7 Å². The number of carbonyl (C=O) groups excluding carboxylic acids is 2. The summed E-state index contributed by atoms with van der Waals surface area (Å²) in [6.07, 6.45) is 0. The zero-order valence-electron chi connectivity index (χ0n) is 12.9. The van der Waals surface area contributed by atoms with E-state index in [1.54, 1.807) is 12.1 Å². The fraction of sp³-hybridized carbons (Fsp3) is 0.125. The Hall–Kier alpha value is -2.88. The summed E-state index contributed by atoms with van der Waals surface area (Å²) < 4.78 is 60.1. The zero-order chi connectivity index (χ0) is 19.1. The lowest BCUT2D eigenvalue weighted by Crippen LogP contribution is -2.23. The predicted octanol–water partition coefficient (Wildman–Crippen LogP) is 2.48. The van der Waals surface area contributed by atoms with Crippen LogP contribution in [0.1, 0.15) is 26.3 Å². The van der Waals surface area contributed by atoms with Gasteiger partial charge in [0.25, 0.3) is 21.7 Å². The van der Waals surface area contributed by atoms with Gasteiger partial charge in [-0.15, -0.1) is 0 Å². The number of alkyl halides is 3.